The number of methoxy groups -OCH3 is 4. The first kappa shape index (κ1) is 18.4. The zero-order chi connectivity index (χ0) is 19.0. The zero-order valence-corrected chi connectivity index (χ0v) is 16.7. The average molecular weight is 423 g/mol. The van der Waals surface area contributed by atoms with E-state index < -0.39 is 12.1 Å². The van der Waals surface area contributed by atoms with E-state index in [4.69, 9.17) is 23.7 Å². The minimum absolute atomic E-state index is 0.380. The first-order chi connectivity index (χ1) is 12.5. The molecule has 26 heavy (non-hydrogen) atoms. The van der Waals surface area contributed by atoms with Crippen molar-refractivity contribution in [3.8, 4) is 23.0 Å². The highest BCUT2D eigenvalue weighted by molar-refractivity contribution is 9.10. The van der Waals surface area contributed by atoms with Crippen molar-refractivity contribution in [3.63, 3.8) is 0 Å². The van der Waals surface area contributed by atoms with Gasteiger partial charge >= 0.3 is 5.97 Å². The standard InChI is InChI=1S/C19H19BrO6/c1-9-11(20)6-7-12(22-2)14(9)17-15-10(19(21)26-17)8-13(23-3)16(24-4)18(15)25-5/h6-8,17H,1-5H3. The molecule has 0 spiro atoms. The summed E-state index contributed by atoms with van der Waals surface area (Å²) >= 11 is 3.53. The van der Waals surface area contributed by atoms with Crippen LogP contribution in [0.1, 0.15) is 33.2 Å². The van der Waals surface area contributed by atoms with Crippen molar-refractivity contribution < 1.29 is 28.5 Å². The second-order valence-corrected chi connectivity index (χ2v) is 6.53. The minimum atomic E-state index is -0.681. The van der Waals surface area contributed by atoms with E-state index in [1.165, 1.54) is 21.3 Å². The number of halogens is 1. The van der Waals surface area contributed by atoms with Crippen molar-refractivity contribution in [1.29, 1.82) is 0 Å². The van der Waals surface area contributed by atoms with Crippen LogP contribution in [0.5, 0.6) is 23.0 Å². The van der Waals surface area contributed by atoms with E-state index in [1.54, 1.807) is 13.2 Å². The number of ether oxygens (including phenoxy) is 5. The van der Waals surface area contributed by atoms with Crippen LogP contribution >= 0.6 is 15.9 Å². The van der Waals surface area contributed by atoms with Gasteiger partial charge in [-0.15, -0.1) is 0 Å². The topological polar surface area (TPSA) is 63.2 Å². The highest BCUT2D eigenvalue weighted by Crippen LogP contribution is 2.52. The van der Waals surface area contributed by atoms with E-state index in [9.17, 15) is 4.79 Å². The van der Waals surface area contributed by atoms with E-state index in [0.29, 0.717) is 34.1 Å². The van der Waals surface area contributed by atoms with Crippen molar-refractivity contribution in [2.75, 3.05) is 28.4 Å². The third-order valence-corrected chi connectivity index (χ3v) is 5.33. The van der Waals surface area contributed by atoms with Gasteiger partial charge in [0.2, 0.25) is 5.75 Å². The first-order valence-electron chi connectivity index (χ1n) is 7.85. The van der Waals surface area contributed by atoms with E-state index in [1.807, 2.05) is 19.1 Å². The van der Waals surface area contributed by atoms with Gasteiger partial charge in [0.05, 0.1) is 39.6 Å². The Morgan fingerprint density at radius 3 is 2.15 bits per heavy atom. The lowest BCUT2D eigenvalue weighted by atomic mass is 9.93. The summed E-state index contributed by atoms with van der Waals surface area (Å²) in [4.78, 5) is 12.6. The van der Waals surface area contributed by atoms with Gasteiger partial charge in [-0.3, -0.25) is 0 Å². The maximum Gasteiger partial charge on any atom is 0.339 e. The van der Waals surface area contributed by atoms with Gasteiger partial charge in [-0.1, -0.05) is 15.9 Å². The number of hydrogen-bond acceptors (Lipinski definition) is 6. The molecule has 3 rings (SSSR count). The fourth-order valence-electron chi connectivity index (χ4n) is 3.22. The van der Waals surface area contributed by atoms with Crippen LogP contribution in [-0.2, 0) is 4.74 Å². The molecule has 0 saturated carbocycles. The molecule has 0 radical (unpaired) electrons. The molecule has 1 aliphatic rings. The van der Waals surface area contributed by atoms with Crippen LogP contribution in [0.2, 0.25) is 0 Å². The molecule has 2 aromatic rings. The number of fused-ring (bicyclic) bond motifs is 1. The molecule has 1 atom stereocenters. The Balaban J connectivity index is 2.33. The Bertz CT molecular complexity index is 877. The lowest BCUT2D eigenvalue weighted by Gasteiger charge is -2.21. The van der Waals surface area contributed by atoms with Crippen molar-refractivity contribution in [1.82, 2.24) is 0 Å². The van der Waals surface area contributed by atoms with Crippen LogP contribution in [0, 0.1) is 6.92 Å². The summed E-state index contributed by atoms with van der Waals surface area (Å²) in [6.45, 7) is 1.93. The zero-order valence-electron chi connectivity index (χ0n) is 15.1. The monoisotopic (exact) mass is 422 g/mol. The van der Waals surface area contributed by atoms with E-state index in [-0.39, 0.29) is 0 Å². The predicted octanol–water partition coefficient (Wildman–Crippen LogP) is 4.05. The Labute approximate surface area is 160 Å². The number of carbonyl (C=O) groups excluding carboxylic acids is 1. The smallest absolute Gasteiger partial charge is 0.339 e. The molecule has 6 nitrogen and oxygen atoms in total. The van der Waals surface area contributed by atoms with Crippen LogP contribution in [0.15, 0.2) is 22.7 Å². The van der Waals surface area contributed by atoms with Gasteiger partial charge < -0.3 is 23.7 Å². The molecule has 0 fully saturated rings. The largest absolute Gasteiger partial charge is 0.496 e. The van der Waals surface area contributed by atoms with E-state index >= 15 is 0 Å². The Morgan fingerprint density at radius 1 is 0.923 bits per heavy atom. The molecular weight excluding hydrogens is 404 g/mol. The molecule has 0 N–H and O–H groups in total. The number of esters is 1. The van der Waals surface area contributed by atoms with Gasteiger partial charge in [0.25, 0.3) is 0 Å². The molecule has 0 aromatic heterocycles. The van der Waals surface area contributed by atoms with E-state index in [2.05, 4.69) is 15.9 Å². The molecule has 0 aliphatic carbocycles. The minimum Gasteiger partial charge on any atom is -0.496 e. The third-order valence-electron chi connectivity index (χ3n) is 4.47. The van der Waals surface area contributed by atoms with Gasteiger partial charge in [-0.25, -0.2) is 4.79 Å². The summed E-state index contributed by atoms with van der Waals surface area (Å²) in [6, 6.07) is 5.32. The van der Waals surface area contributed by atoms with E-state index in [0.717, 1.165) is 15.6 Å². The maximum absolute atomic E-state index is 12.6. The lowest BCUT2D eigenvalue weighted by molar-refractivity contribution is 0.0449. The Morgan fingerprint density at radius 2 is 1.58 bits per heavy atom. The number of benzene rings is 2. The fraction of sp³-hybridized carbons (Fsp3) is 0.316. The van der Waals surface area contributed by atoms with Crippen LogP contribution in [0.3, 0.4) is 0 Å². The number of cyclic esters (lactones) is 1. The summed E-state index contributed by atoms with van der Waals surface area (Å²) < 4.78 is 28.5. The summed E-state index contributed by atoms with van der Waals surface area (Å²) in [5.74, 6) is 1.38. The lowest BCUT2D eigenvalue weighted by Crippen LogP contribution is -2.07. The summed E-state index contributed by atoms with van der Waals surface area (Å²) in [7, 11) is 6.12. The van der Waals surface area contributed by atoms with Gasteiger partial charge in [0, 0.05) is 10.0 Å². The molecule has 0 bridgehead atoms. The summed E-state index contributed by atoms with van der Waals surface area (Å²) in [6.07, 6.45) is -0.681. The fourth-order valence-corrected chi connectivity index (χ4v) is 3.57. The molecular formula is C19H19BrO6. The molecule has 0 amide bonds. The second kappa shape index (κ2) is 7.07. The van der Waals surface area contributed by atoms with Gasteiger partial charge in [0.1, 0.15) is 5.75 Å². The average Bonchev–Trinajstić information content (AvgIpc) is 2.98. The highest BCUT2D eigenvalue weighted by atomic mass is 79.9. The number of carbonyl (C=O) groups is 1. The van der Waals surface area contributed by atoms with Crippen molar-refractivity contribution >= 4 is 21.9 Å². The molecule has 1 aliphatic heterocycles. The third kappa shape index (κ3) is 2.67. The van der Waals surface area contributed by atoms with Gasteiger partial charge in [-0.05, 0) is 30.7 Å². The van der Waals surface area contributed by atoms with Crippen LogP contribution < -0.4 is 18.9 Å². The Hall–Kier alpha value is -2.41. The maximum atomic E-state index is 12.6. The number of hydrogen-bond donors (Lipinski definition) is 0. The summed E-state index contributed by atoms with van der Waals surface area (Å²) in [5, 5.41) is 0. The number of rotatable bonds is 5. The molecule has 0 saturated heterocycles. The van der Waals surface area contributed by atoms with Gasteiger partial charge in [0.15, 0.2) is 17.6 Å². The Kier molecular flexibility index (Phi) is 5.00. The highest BCUT2D eigenvalue weighted by Gasteiger charge is 2.40. The predicted molar refractivity (Wildman–Crippen MR) is 98.8 cm³/mol. The van der Waals surface area contributed by atoms with Crippen molar-refractivity contribution in [3.05, 3.63) is 44.9 Å². The molecule has 7 heteroatoms. The summed E-state index contributed by atoms with van der Waals surface area (Å²) in [5.41, 5.74) is 2.63. The first-order valence-corrected chi connectivity index (χ1v) is 8.64. The normalized spacial score (nSPS) is 15.3. The van der Waals surface area contributed by atoms with Crippen molar-refractivity contribution in [2.45, 2.75) is 13.0 Å². The van der Waals surface area contributed by atoms with Crippen LogP contribution in [0.4, 0.5) is 0 Å². The quantitative estimate of drug-likeness (QED) is 0.677. The van der Waals surface area contributed by atoms with Crippen LogP contribution in [0.25, 0.3) is 0 Å². The SMILES string of the molecule is COc1cc2c(c(OC)c1OC)C(c1c(OC)ccc(Br)c1C)OC2=O. The molecule has 2 aromatic carbocycles. The molecule has 138 valence electrons. The van der Waals surface area contributed by atoms with Gasteiger partial charge in [-0.2, -0.15) is 0 Å². The van der Waals surface area contributed by atoms with Crippen molar-refractivity contribution in [2.24, 2.45) is 0 Å². The van der Waals surface area contributed by atoms with Crippen LogP contribution in [-0.4, -0.2) is 34.4 Å². The molecule has 1 heterocycles. The second-order valence-electron chi connectivity index (χ2n) is 5.68. The molecule has 1 unspecified atom stereocenters.